The van der Waals surface area contributed by atoms with Crippen LogP contribution in [0.25, 0.3) is 0 Å². The van der Waals surface area contributed by atoms with Crippen molar-refractivity contribution in [1.29, 1.82) is 0 Å². The molecule has 1 saturated carbocycles. The lowest BCUT2D eigenvalue weighted by Crippen LogP contribution is -2.70. The lowest BCUT2D eigenvalue weighted by atomic mass is 9.55. The molecule has 1 fully saturated rings. The highest BCUT2D eigenvalue weighted by atomic mass is 16.7. The molecule has 6 unspecified atom stereocenters. The normalized spacial score (nSPS) is 21.5. The fourth-order valence-corrected chi connectivity index (χ4v) is 11.0. The van der Waals surface area contributed by atoms with Crippen molar-refractivity contribution in [2.75, 3.05) is 45.9 Å². The number of aliphatic hydroxyl groups excluding tert-OH is 2. The molecule has 6 rings (SSSR count). The van der Waals surface area contributed by atoms with Gasteiger partial charge in [-0.05, 0) is 91.8 Å². The topological polar surface area (TPSA) is 158 Å². The summed E-state index contributed by atoms with van der Waals surface area (Å²) in [4.78, 5) is 36.9. The lowest BCUT2D eigenvalue weighted by Gasteiger charge is -2.60. The van der Waals surface area contributed by atoms with Crippen LogP contribution in [0.5, 0.6) is 23.0 Å². The first kappa shape index (κ1) is 55.0. The molecular formula is C58H81N3O10. The number of carbonyl (C=O) groups is 2. The van der Waals surface area contributed by atoms with Gasteiger partial charge in [0.15, 0.2) is 0 Å². The van der Waals surface area contributed by atoms with Crippen LogP contribution in [0, 0.1) is 17.8 Å². The Balaban J connectivity index is 1.46. The van der Waals surface area contributed by atoms with Crippen LogP contribution >= 0.6 is 0 Å². The summed E-state index contributed by atoms with van der Waals surface area (Å²) in [5.74, 6) is -0.178. The Morgan fingerprint density at radius 3 is 2.25 bits per heavy atom. The summed E-state index contributed by atoms with van der Waals surface area (Å²) >= 11 is 0. The predicted octanol–water partition coefficient (Wildman–Crippen LogP) is 12.3. The van der Waals surface area contributed by atoms with Crippen molar-refractivity contribution >= 4 is 23.4 Å². The molecule has 3 aromatic carbocycles. The molecule has 0 aromatic heterocycles. The first-order valence-electron chi connectivity index (χ1n) is 26.5. The minimum Gasteiger partial charge on any atom is -0.497 e. The number of aliphatic hydroxyl groups is 2. The number of ether oxygens (including phenoxy) is 5. The second-order valence-electron chi connectivity index (χ2n) is 19.3. The van der Waals surface area contributed by atoms with Crippen LogP contribution in [0.2, 0.25) is 0 Å². The molecule has 0 saturated heterocycles. The van der Waals surface area contributed by atoms with Crippen molar-refractivity contribution < 1.29 is 48.3 Å². The third-order valence-electron chi connectivity index (χ3n) is 14.4. The van der Waals surface area contributed by atoms with Crippen molar-refractivity contribution in [1.82, 2.24) is 4.90 Å². The average molecular weight is 980 g/mol. The smallest absolute Gasteiger partial charge is 0.417 e. The van der Waals surface area contributed by atoms with Crippen molar-refractivity contribution in [3.8, 4) is 23.0 Å². The summed E-state index contributed by atoms with van der Waals surface area (Å²) in [6.45, 7) is 9.50. The molecule has 1 aliphatic heterocycles. The van der Waals surface area contributed by atoms with E-state index in [1.54, 1.807) is 37.5 Å². The Morgan fingerprint density at radius 2 is 1.56 bits per heavy atom. The number of hydrogen-bond acceptors (Lipinski definition) is 11. The number of unbranched alkanes of at least 4 members (excludes halogenated alkanes) is 10. The maximum atomic E-state index is 14.9. The molecule has 71 heavy (non-hydrogen) atoms. The molecule has 0 radical (unpaired) electrons. The number of amides is 2. The highest BCUT2D eigenvalue weighted by molar-refractivity contribution is 6.03. The molecule has 3 N–H and O–H groups in total. The summed E-state index contributed by atoms with van der Waals surface area (Å²) in [5.41, 5.74) is 3.93. The highest BCUT2D eigenvalue weighted by Crippen LogP contribution is 2.62. The number of fused-ring (bicyclic) bond motifs is 2. The van der Waals surface area contributed by atoms with Gasteiger partial charge in [0.1, 0.15) is 35.6 Å². The van der Waals surface area contributed by atoms with Crippen LogP contribution in [-0.2, 0) is 21.0 Å². The fourth-order valence-electron chi connectivity index (χ4n) is 11.0. The second-order valence-corrected chi connectivity index (χ2v) is 19.3. The second kappa shape index (κ2) is 28.6. The Bertz CT molecular complexity index is 2200. The SMILES string of the molecule is C=CCOC12Oc3ccc(OC(=O)Nc4ccc(OC)cc4OC)cc3C3C(CCCCO)C(CCCCO)C=C(C(=NOCc4ccccc4)CC1N(CCC)C(=O)CCCCCCCCCCC)C32. The van der Waals surface area contributed by atoms with Crippen molar-refractivity contribution in [2.24, 2.45) is 22.9 Å². The van der Waals surface area contributed by atoms with Gasteiger partial charge in [0.05, 0.1) is 38.1 Å². The Morgan fingerprint density at radius 1 is 0.845 bits per heavy atom. The molecule has 13 nitrogen and oxygen atoms in total. The number of rotatable bonds is 31. The monoisotopic (exact) mass is 980 g/mol. The van der Waals surface area contributed by atoms with Gasteiger partial charge in [0, 0.05) is 50.1 Å². The average Bonchev–Trinajstić information content (AvgIpc) is 3.38. The molecule has 2 amide bonds. The van der Waals surface area contributed by atoms with Gasteiger partial charge in [-0.2, -0.15) is 0 Å². The van der Waals surface area contributed by atoms with Gasteiger partial charge in [-0.1, -0.05) is 126 Å². The summed E-state index contributed by atoms with van der Waals surface area (Å²) in [7, 11) is 3.08. The summed E-state index contributed by atoms with van der Waals surface area (Å²) in [6, 6.07) is 19.9. The number of allylic oxidation sites excluding steroid dienone is 1. The van der Waals surface area contributed by atoms with Crippen LogP contribution in [0.1, 0.15) is 146 Å². The van der Waals surface area contributed by atoms with E-state index in [1.165, 1.54) is 45.6 Å². The molecule has 6 atom stereocenters. The van der Waals surface area contributed by atoms with Crippen molar-refractivity contribution in [3.05, 3.63) is 102 Å². The van der Waals surface area contributed by atoms with Crippen LogP contribution < -0.4 is 24.3 Å². The number of carbonyl (C=O) groups excluding carboxylic acids is 2. The van der Waals surface area contributed by atoms with E-state index in [4.69, 9.17) is 33.7 Å². The summed E-state index contributed by atoms with van der Waals surface area (Å²) in [5, 5.41) is 27.9. The number of methoxy groups -OCH3 is 2. The summed E-state index contributed by atoms with van der Waals surface area (Å²) < 4.78 is 31.6. The van der Waals surface area contributed by atoms with E-state index in [0.29, 0.717) is 60.9 Å². The molecular weight excluding hydrogens is 899 g/mol. The number of nitrogens with one attached hydrogen (secondary N) is 1. The maximum Gasteiger partial charge on any atom is 0.417 e. The number of anilines is 1. The molecule has 3 aliphatic rings. The van der Waals surface area contributed by atoms with Gasteiger partial charge < -0.3 is 43.6 Å². The third kappa shape index (κ3) is 14.4. The third-order valence-corrected chi connectivity index (χ3v) is 14.4. The zero-order valence-electron chi connectivity index (χ0n) is 42.9. The standard InChI is InChI=1S/C58H81N3O10/c1-6-9-10-11-12-13-14-15-19-28-54(64)61(33-7-2)53-40-50(60-69-41-42-24-17-16-18-25-42)47-37-43(26-20-22-34-62)46(27-21-23-35-63)55-48-38-45(30-32-51(48)71-58(53,56(47)55)68-36-8-3)70-57(65)59-49-31-29-44(66-4)39-52(49)67-5/h8,16-18,24-25,29-32,37-39,43,46,53,55-56,62-63H,3,6-7,9-15,19-23,26-28,33-36,40-41H2,1-2,4-5H3,(H,59,65). The van der Waals surface area contributed by atoms with Crippen LogP contribution in [0.15, 0.2) is 96.2 Å². The Kier molecular flexibility index (Phi) is 22.1. The summed E-state index contributed by atoms with van der Waals surface area (Å²) in [6.07, 6.45) is 19.7. The molecule has 13 heteroatoms. The molecule has 3 aromatic rings. The van der Waals surface area contributed by atoms with E-state index in [9.17, 15) is 19.8 Å². The number of benzene rings is 3. The highest BCUT2D eigenvalue weighted by Gasteiger charge is 2.65. The minimum absolute atomic E-state index is 0.00137. The van der Waals surface area contributed by atoms with E-state index < -0.39 is 23.8 Å². The van der Waals surface area contributed by atoms with Crippen LogP contribution in [0.4, 0.5) is 10.5 Å². The predicted molar refractivity (Wildman–Crippen MR) is 279 cm³/mol. The zero-order chi connectivity index (χ0) is 50.4. The number of oxime groups is 1. The Hall–Kier alpha value is -5.37. The van der Waals surface area contributed by atoms with E-state index in [-0.39, 0.29) is 50.1 Å². The molecule has 1 heterocycles. The van der Waals surface area contributed by atoms with Gasteiger partial charge in [-0.15, -0.1) is 6.58 Å². The maximum absolute atomic E-state index is 14.9. The van der Waals surface area contributed by atoms with Gasteiger partial charge in [0.25, 0.3) is 0 Å². The van der Waals surface area contributed by atoms with E-state index in [1.807, 2.05) is 47.4 Å². The fraction of sp³-hybridized carbons (Fsp3) is 0.569. The molecule has 388 valence electrons. The van der Waals surface area contributed by atoms with Gasteiger partial charge in [-0.25, -0.2) is 4.79 Å². The van der Waals surface area contributed by atoms with Gasteiger partial charge in [0.2, 0.25) is 11.7 Å². The molecule has 2 aliphatic carbocycles. The first-order valence-corrected chi connectivity index (χ1v) is 26.5. The quantitative estimate of drug-likeness (QED) is 0.0322. The zero-order valence-corrected chi connectivity index (χ0v) is 42.9. The lowest BCUT2D eigenvalue weighted by molar-refractivity contribution is -0.257. The minimum atomic E-state index is -1.38. The van der Waals surface area contributed by atoms with Crippen LogP contribution in [-0.4, -0.2) is 85.2 Å². The van der Waals surface area contributed by atoms with E-state index >= 15 is 0 Å². The largest absolute Gasteiger partial charge is 0.497 e. The van der Waals surface area contributed by atoms with Gasteiger partial charge >= 0.3 is 6.09 Å². The molecule has 0 bridgehead atoms. The Labute approximate surface area is 422 Å². The number of hydrogen-bond donors (Lipinski definition) is 3. The number of nitrogens with zero attached hydrogens (tertiary/aromatic N) is 2. The van der Waals surface area contributed by atoms with E-state index in [0.717, 1.165) is 73.8 Å². The van der Waals surface area contributed by atoms with Crippen LogP contribution in [0.3, 0.4) is 0 Å². The van der Waals surface area contributed by atoms with Gasteiger partial charge in [-0.3, -0.25) is 10.1 Å². The van der Waals surface area contributed by atoms with E-state index in [2.05, 4.69) is 31.8 Å². The molecule has 0 spiro atoms. The van der Waals surface area contributed by atoms with Crippen molar-refractivity contribution in [2.45, 2.75) is 154 Å². The van der Waals surface area contributed by atoms with Crippen molar-refractivity contribution in [3.63, 3.8) is 0 Å². The first-order chi connectivity index (χ1) is 34.7.